The number of nitrogens with one attached hydrogen (secondary N) is 2. The van der Waals surface area contributed by atoms with E-state index in [2.05, 4.69) is 22.8 Å². The fraction of sp³-hybridized carbons (Fsp3) is 0.500. The summed E-state index contributed by atoms with van der Waals surface area (Å²) in [7, 11) is 0. The van der Waals surface area contributed by atoms with E-state index in [-0.39, 0.29) is 12.5 Å². The third kappa shape index (κ3) is 3.91. The highest BCUT2D eigenvalue weighted by Gasteiger charge is 2.21. The van der Waals surface area contributed by atoms with Crippen LogP contribution in [0.5, 0.6) is 0 Å². The van der Waals surface area contributed by atoms with E-state index in [1.807, 2.05) is 12.1 Å². The van der Waals surface area contributed by atoms with Crippen molar-refractivity contribution in [2.75, 3.05) is 19.7 Å². The maximum Gasteiger partial charge on any atom is 0.261 e. The van der Waals surface area contributed by atoms with Crippen LogP contribution in [0.3, 0.4) is 0 Å². The number of aliphatic hydroxyl groups is 1. The zero-order chi connectivity index (χ0) is 16.1. The first kappa shape index (κ1) is 16.4. The number of hydrogen-bond donors (Lipinski definition) is 3. The fourth-order valence-electron chi connectivity index (χ4n) is 3.26. The Balaban J connectivity index is 1.90. The number of thiophene rings is 1. The lowest BCUT2D eigenvalue weighted by Crippen LogP contribution is -2.31. The minimum absolute atomic E-state index is 0.0316. The molecule has 1 amide bonds. The van der Waals surface area contributed by atoms with Crippen molar-refractivity contribution in [3.63, 3.8) is 0 Å². The molecule has 0 spiro atoms. The van der Waals surface area contributed by atoms with Gasteiger partial charge in [-0.2, -0.15) is 0 Å². The van der Waals surface area contributed by atoms with Crippen molar-refractivity contribution < 1.29 is 9.90 Å². The number of benzene rings is 1. The highest BCUT2D eigenvalue weighted by molar-refractivity contribution is 7.21. The number of amides is 1. The first-order valence-electron chi connectivity index (χ1n) is 8.42. The summed E-state index contributed by atoms with van der Waals surface area (Å²) < 4.78 is 1.16. The van der Waals surface area contributed by atoms with E-state index in [9.17, 15) is 4.79 Å². The number of carbonyl (C=O) groups excluding carboxylic acids is 1. The Kier molecular flexibility index (Phi) is 5.65. The SMILES string of the molecule is O=C(NCCO)c1sc2ccccc2c1C[C@H]1CCCCCN1. The summed E-state index contributed by atoms with van der Waals surface area (Å²) in [4.78, 5) is 13.3. The molecule has 2 aromatic rings. The summed E-state index contributed by atoms with van der Waals surface area (Å²) in [5.74, 6) is -0.0659. The number of hydrogen-bond acceptors (Lipinski definition) is 4. The number of carbonyl (C=O) groups is 1. The van der Waals surface area contributed by atoms with Crippen LogP contribution in [0.25, 0.3) is 10.1 Å². The van der Waals surface area contributed by atoms with E-state index in [0.717, 1.165) is 28.1 Å². The Bertz CT molecular complexity index is 660. The largest absolute Gasteiger partial charge is 0.395 e. The average Bonchev–Trinajstić information content (AvgIpc) is 2.75. The van der Waals surface area contributed by atoms with Crippen LogP contribution < -0.4 is 10.6 Å². The lowest BCUT2D eigenvalue weighted by Gasteiger charge is -2.16. The van der Waals surface area contributed by atoms with Crippen LogP contribution in [-0.2, 0) is 6.42 Å². The summed E-state index contributed by atoms with van der Waals surface area (Å²) in [5.41, 5.74) is 1.15. The van der Waals surface area contributed by atoms with Crippen LogP contribution >= 0.6 is 11.3 Å². The minimum atomic E-state index is -0.0659. The predicted octanol–water partition coefficient (Wildman–Crippen LogP) is 2.70. The van der Waals surface area contributed by atoms with Gasteiger partial charge in [-0.3, -0.25) is 4.79 Å². The molecule has 1 aliphatic rings. The van der Waals surface area contributed by atoms with Gasteiger partial charge >= 0.3 is 0 Å². The molecule has 0 unspecified atom stereocenters. The van der Waals surface area contributed by atoms with Crippen LogP contribution in [0.15, 0.2) is 24.3 Å². The van der Waals surface area contributed by atoms with Crippen molar-refractivity contribution in [1.29, 1.82) is 0 Å². The van der Waals surface area contributed by atoms with Crippen molar-refractivity contribution in [1.82, 2.24) is 10.6 Å². The van der Waals surface area contributed by atoms with E-state index >= 15 is 0 Å². The molecule has 0 aliphatic carbocycles. The number of aliphatic hydroxyl groups excluding tert-OH is 1. The zero-order valence-electron chi connectivity index (χ0n) is 13.3. The summed E-state index contributed by atoms with van der Waals surface area (Å²) in [6.07, 6.45) is 5.85. The highest BCUT2D eigenvalue weighted by atomic mass is 32.1. The number of rotatable bonds is 5. The molecule has 1 fully saturated rings. The Hall–Kier alpha value is -1.43. The van der Waals surface area contributed by atoms with Crippen molar-refractivity contribution in [3.05, 3.63) is 34.7 Å². The van der Waals surface area contributed by atoms with Gasteiger partial charge in [0.15, 0.2) is 0 Å². The molecule has 2 heterocycles. The quantitative estimate of drug-likeness (QED) is 0.789. The fourth-order valence-corrected chi connectivity index (χ4v) is 4.41. The summed E-state index contributed by atoms with van der Waals surface area (Å²) >= 11 is 1.55. The molecule has 5 heteroatoms. The van der Waals surface area contributed by atoms with Gasteiger partial charge in [0.1, 0.15) is 0 Å². The smallest absolute Gasteiger partial charge is 0.261 e. The second-order valence-corrected chi connectivity index (χ2v) is 7.14. The molecular weight excluding hydrogens is 308 g/mol. The molecule has 0 bridgehead atoms. The molecule has 0 saturated carbocycles. The molecule has 23 heavy (non-hydrogen) atoms. The molecular formula is C18H24N2O2S. The second-order valence-electron chi connectivity index (χ2n) is 6.09. The minimum Gasteiger partial charge on any atom is -0.395 e. The van der Waals surface area contributed by atoms with Crippen molar-refractivity contribution in [2.45, 2.75) is 38.1 Å². The standard InChI is InChI=1S/C18H24N2O2S/c21-11-10-20-18(22)17-15(12-13-6-2-1-5-9-19-13)14-7-3-4-8-16(14)23-17/h3-4,7-8,13,19,21H,1-2,5-6,9-12H2,(H,20,22)/t13-/m1/s1. The Morgan fingerprint density at radius 1 is 1.30 bits per heavy atom. The Morgan fingerprint density at radius 3 is 3.04 bits per heavy atom. The monoisotopic (exact) mass is 332 g/mol. The topological polar surface area (TPSA) is 61.4 Å². The molecule has 3 rings (SSSR count). The second kappa shape index (κ2) is 7.90. The maximum absolute atomic E-state index is 12.5. The van der Waals surface area contributed by atoms with E-state index in [1.54, 1.807) is 11.3 Å². The Morgan fingerprint density at radius 2 is 2.17 bits per heavy atom. The van der Waals surface area contributed by atoms with Gasteiger partial charge in [0.2, 0.25) is 0 Å². The summed E-state index contributed by atoms with van der Waals surface area (Å²) in [6, 6.07) is 8.68. The van der Waals surface area contributed by atoms with Gasteiger partial charge in [0.05, 0.1) is 11.5 Å². The highest BCUT2D eigenvalue weighted by Crippen LogP contribution is 2.33. The van der Waals surface area contributed by atoms with E-state index in [0.29, 0.717) is 12.6 Å². The molecule has 4 nitrogen and oxygen atoms in total. The molecule has 1 aliphatic heterocycles. The van der Waals surface area contributed by atoms with E-state index in [1.165, 1.54) is 31.1 Å². The predicted molar refractivity (Wildman–Crippen MR) is 95.2 cm³/mol. The molecule has 1 aromatic heterocycles. The van der Waals surface area contributed by atoms with Gasteiger partial charge in [-0.25, -0.2) is 0 Å². The molecule has 1 atom stereocenters. The lowest BCUT2D eigenvalue weighted by atomic mass is 9.99. The lowest BCUT2D eigenvalue weighted by molar-refractivity contribution is 0.0948. The van der Waals surface area contributed by atoms with Gasteiger partial charge in [0.25, 0.3) is 5.91 Å². The zero-order valence-corrected chi connectivity index (χ0v) is 14.1. The third-order valence-electron chi connectivity index (χ3n) is 4.41. The van der Waals surface area contributed by atoms with Crippen LogP contribution in [0.4, 0.5) is 0 Å². The third-order valence-corrected chi connectivity index (χ3v) is 5.63. The molecule has 1 aromatic carbocycles. The summed E-state index contributed by atoms with van der Waals surface area (Å²) in [5, 5.41) is 16.6. The maximum atomic E-state index is 12.5. The molecule has 124 valence electrons. The van der Waals surface area contributed by atoms with E-state index < -0.39 is 0 Å². The van der Waals surface area contributed by atoms with E-state index in [4.69, 9.17) is 5.11 Å². The first-order chi connectivity index (χ1) is 11.3. The number of fused-ring (bicyclic) bond motifs is 1. The van der Waals surface area contributed by atoms with Crippen molar-refractivity contribution in [3.8, 4) is 0 Å². The van der Waals surface area contributed by atoms with Crippen molar-refractivity contribution >= 4 is 27.3 Å². The molecule has 1 saturated heterocycles. The molecule has 0 radical (unpaired) electrons. The van der Waals surface area contributed by atoms with Gasteiger partial charge in [-0.05, 0) is 42.8 Å². The first-order valence-corrected chi connectivity index (χ1v) is 9.24. The van der Waals surface area contributed by atoms with Crippen LogP contribution in [0.1, 0.15) is 40.9 Å². The van der Waals surface area contributed by atoms with Crippen molar-refractivity contribution in [2.24, 2.45) is 0 Å². The average molecular weight is 332 g/mol. The Labute approximate surface area is 140 Å². The van der Waals surface area contributed by atoms with Gasteiger partial charge in [-0.15, -0.1) is 11.3 Å². The van der Waals surface area contributed by atoms with Gasteiger partial charge in [-0.1, -0.05) is 31.0 Å². The van der Waals surface area contributed by atoms with Gasteiger partial charge in [0, 0.05) is 17.3 Å². The summed E-state index contributed by atoms with van der Waals surface area (Å²) in [6.45, 7) is 1.34. The van der Waals surface area contributed by atoms with Gasteiger partial charge < -0.3 is 15.7 Å². The normalized spacial score (nSPS) is 18.7. The van der Waals surface area contributed by atoms with Crippen LogP contribution in [0, 0.1) is 0 Å². The molecule has 3 N–H and O–H groups in total. The van der Waals surface area contributed by atoms with Crippen LogP contribution in [-0.4, -0.2) is 36.8 Å². The van der Waals surface area contributed by atoms with Crippen LogP contribution in [0.2, 0.25) is 0 Å².